The van der Waals surface area contributed by atoms with Crippen LogP contribution < -0.4 is 15.8 Å². The van der Waals surface area contributed by atoms with Gasteiger partial charge >= 0.3 is 0 Å². The predicted octanol–water partition coefficient (Wildman–Crippen LogP) is 0.300. The van der Waals surface area contributed by atoms with E-state index in [1.165, 1.54) is 0 Å². The molecule has 0 spiro atoms. The Morgan fingerprint density at radius 2 is 1.84 bits per heavy atom. The van der Waals surface area contributed by atoms with Gasteiger partial charge in [0.1, 0.15) is 4.90 Å². The number of hydrogen-bond acceptors (Lipinski definition) is 4. The van der Waals surface area contributed by atoms with Crippen LogP contribution in [0.4, 0.5) is 5.69 Å². The topological polar surface area (TPSA) is 101 Å². The maximum absolute atomic E-state index is 12.2. The lowest BCUT2D eigenvalue weighted by Crippen LogP contribution is -2.37. The monoisotopic (exact) mass is 285 g/mol. The van der Waals surface area contributed by atoms with Gasteiger partial charge in [0, 0.05) is 6.54 Å². The zero-order chi connectivity index (χ0) is 14.6. The Morgan fingerprint density at radius 3 is 2.42 bits per heavy atom. The maximum atomic E-state index is 12.2. The number of likely N-dealkylation sites (N-methyl/N-ethyl adjacent to an activating group) is 1. The third kappa shape index (κ3) is 3.68. The average molecular weight is 285 g/mol. The first kappa shape index (κ1) is 15.5. The summed E-state index contributed by atoms with van der Waals surface area (Å²) < 4.78 is 26.6. The maximum Gasteiger partial charge on any atom is 0.243 e. The van der Waals surface area contributed by atoms with Crippen molar-refractivity contribution >= 4 is 21.6 Å². The van der Waals surface area contributed by atoms with E-state index in [-0.39, 0.29) is 23.0 Å². The van der Waals surface area contributed by atoms with E-state index in [9.17, 15) is 13.2 Å². The van der Waals surface area contributed by atoms with Crippen LogP contribution in [0.3, 0.4) is 0 Å². The van der Waals surface area contributed by atoms with Crippen LogP contribution in [-0.2, 0) is 14.8 Å². The summed E-state index contributed by atoms with van der Waals surface area (Å²) in [5, 5.41) is 2.51. The molecule has 0 aliphatic carbocycles. The molecule has 6 nitrogen and oxygen atoms in total. The van der Waals surface area contributed by atoms with Crippen molar-refractivity contribution in [2.75, 3.05) is 18.8 Å². The van der Waals surface area contributed by atoms with E-state index in [1.54, 1.807) is 32.9 Å². The summed E-state index contributed by atoms with van der Waals surface area (Å²) in [6.45, 7) is 5.30. The molecule has 0 fully saturated rings. The molecule has 0 aromatic heterocycles. The van der Waals surface area contributed by atoms with Gasteiger partial charge in [0.05, 0.1) is 12.2 Å². The Bertz CT molecular complexity index is 582. The zero-order valence-corrected chi connectivity index (χ0v) is 12.1. The van der Waals surface area contributed by atoms with Crippen molar-refractivity contribution in [3.63, 3.8) is 0 Å². The summed E-state index contributed by atoms with van der Waals surface area (Å²) in [6.07, 6.45) is 0. The normalized spacial score (nSPS) is 11.3. The second-order valence-corrected chi connectivity index (χ2v) is 5.92. The van der Waals surface area contributed by atoms with Gasteiger partial charge < -0.3 is 11.1 Å². The first-order chi connectivity index (χ1) is 8.79. The van der Waals surface area contributed by atoms with Crippen molar-refractivity contribution < 1.29 is 13.2 Å². The number of carbonyl (C=O) groups is 1. The average Bonchev–Trinajstić information content (AvgIpc) is 2.32. The molecular weight excluding hydrogens is 266 g/mol. The fourth-order valence-electron chi connectivity index (χ4n) is 1.66. The molecule has 4 N–H and O–H groups in total. The van der Waals surface area contributed by atoms with Crippen molar-refractivity contribution in [2.24, 2.45) is 0 Å². The van der Waals surface area contributed by atoms with Gasteiger partial charge in [0.2, 0.25) is 15.9 Å². The van der Waals surface area contributed by atoms with Gasteiger partial charge in [-0.1, -0.05) is 12.1 Å². The van der Waals surface area contributed by atoms with Crippen LogP contribution in [0, 0.1) is 13.8 Å². The third-order valence-electron chi connectivity index (χ3n) is 2.68. The zero-order valence-electron chi connectivity index (χ0n) is 11.3. The van der Waals surface area contributed by atoms with Crippen molar-refractivity contribution in [2.45, 2.75) is 25.7 Å². The first-order valence-corrected chi connectivity index (χ1v) is 7.40. The molecule has 0 bridgehead atoms. The Hall–Kier alpha value is -1.60. The van der Waals surface area contributed by atoms with E-state index >= 15 is 0 Å². The summed E-state index contributed by atoms with van der Waals surface area (Å²) in [4.78, 5) is 11.3. The van der Waals surface area contributed by atoms with Crippen molar-refractivity contribution in [1.82, 2.24) is 10.0 Å². The number of benzene rings is 1. The summed E-state index contributed by atoms with van der Waals surface area (Å²) >= 11 is 0. The molecule has 0 aliphatic rings. The molecule has 0 unspecified atom stereocenters. The largest absolute Gasteiger partial charge is 0.397 e. The minimum atomic E-state index is -3.79. The number of amides is 1. The number of carbonyl (C=O) groups excluding carboxylic acids is 1. The van der Waals surface area contributed by atoms with E-state index in [1.807, 2.05) is 0 Å². The van der Waals surface area contributed by atoms with Gasteiger partial charge in [-0.3, -0.25) is 4.79 Å². The molecule has 1 aromatic carbocycles. The standard InChI is InChI=1S/C12H19N3O3S/c1-4-14-10(16)7-15-19(17,18)12-9(3)6-5-8(2)11(12)13/h5-6,15H,4,7,13H2,1-3H3,(H,14,16). The minimum Gasteiger partial charge on any atom is -0.397 e. The van der Waals surface area contributed by atoms with Gasteiger partial charge in [-0.2, -0.15) is 0 Å². The van der Waals surface area contributed by atoms with E-state index < -0.39 is 10.0 Å². The lowest BCUT2D eigenvalue weighted by molar-refractivity contribution is -0.119. The first-order valence-electron chi connectivity index (χ1n) is 5.91. The third-order valence-corrected chi connectivity index (χ3v) is 4.28. The summed E-state index contributed by atoms with van der Waals surface area (Å²) in [5.74, 6) is -0.380. The molecule has 0 heterocycles. The number of sulfonamides is 1. The molecule has 0 radical (unpaired) electrons. The fraction of sp³-hybridized carbons (Fsp3) is 0.417. The van der Waals surface area contributed by atoms with Crippen LogP contribution in [0.15, 0.2) is 17.0 Å². The van der Waals surface area contributed by atoms with Crippen LogP contribution in [-0.4, -0.2) is 27.4 Å². The number of hydrogen-bond donors (Lipinski definition) is 3. The minimum absolute atomic E-state index is 0.0387. The predicted molar refractivity (Wildman–Crippen MR) is 74.2 cm³/mol. The molecule has 0 atom stereocenters. The quantitative estimate of drug-likeness (QED) is 0.677. The van der Waals surface area contributed by atoms with Crippen molar-refractivity contribution in [3.8, 4) is 0 Å². The van der Waals surface area contributed by atoms with Gasteiger partial charge in [0.15, 0.2) is 0 Å². The smallest absolute Gasteiger partial charge is 0.243 e. The van der Waals surface area contributed by atoms with E-state index in [4.69, 9.17) is 5.73 Å². The number of nitrogen functional groups attached to an aromatic ring is 1. The molecule has 0 saturated carbocycles. The van der Waals surface area contributed by atoms with E-state index in [0.717, 1.165) is 0 Å². The highest BCUT2D eigenvalue weighted by Crippen LogP contribution is 2.25. The molecule has 1 amide bonds. The molecule has 19 heavy (non-hydrogen) atoms. The number of aryl methyl sites for hydroxylation is 2. The Balaban J connectivity index is 3.02. The van der Waals surface area contributed by atoms with Crippen LogP contribution in [0.25, 0.3) is 0 Å². The Morgan fingerprint density at radius 1 is 1.26 bits per heavy atom. The van der Waals surface area contributed by atoms with Crippen LogP contribution >= 0.6 is 0 Å². The second kappa shape index (κ2) is 6.03. The number of anilines is 1. The summed E-state index contributed by atoms with van der Waals surface area (Å²) in [5.41, 5.74) is 7.26. The Labute approximate surface area is 113 Å². The van der Waals surface area contributed by atoms with Crippen molar-refractivity contribution in [3.05, 3.63) is 23.3 Å². The van der Waals surface area contributed by atoms with Crippen LogP contribution in [0.5, 0.6) is 0 Å². The van der Waals surface area contributed by atoms with Gasteiger partial charge in [-0.15, -0.1) is 0 Å². The number of rotatable bonds is 5. The van der Waals surface area contributed by atoms with Crippen LogP contribution in [0.2, 0.25) is 0 Å². The molecule has 0 saturated heterocycles. The van der Waals surface area contributed by atoms with Gasteiger partial charge in [0.25, 0.3) is 0 Å². The highest BCUT2D eigenvalue weighted by molar-refractivity contribution is 7.89. The second-order valence-electron chi connectivity index (χ2n) is 4.22. The molecule has 1 aromatic rings. The van der Waals surface area contributed by atoms with Gasteiger partial charge in [-0.05, 0) is 31.9 Å². The van der Waals surface area contributed by atoms with Gasteiger partial charge in [-0.25, -0.2) is 13.1 Å². The van der Waals surface area contributed by atoms with Crippen molar-refractivity contribution in [1.29, 1.82) is 0 Å². The van der Waals surface area contributed by atoms with E-state index in [0.29, 0.717) is 17.7 Å². The SMILES string of the molecule is CCNC(=O)CNS(=O)(=O)c1c(C)ccc(C)c1N. The molecule has 106 valence electrons. The summed E-state index contributed by atoms with van der Waals surface area (Å²) in [7, 11) is -3.79. The molecule has 7 heteroatoms. The fourth-order valence-corrected chi connectivity index (χ4v) is 3.06. The molecular formula is C12H19N3O3S. The highest BCUT2D eigenvalue weighted by atomic mass is 32.2. The number of nitrogens with one attached hydrogen (secondary N) is 2. The van der Waals surface area contributed by atoms with Crippen LogP contribution in [0.1, 0.15) is 18.1 Å². The molecule has 1 rings (SSSR count). The summed E-state index contributed by atoms with van der Waals surface area (Å²) in [6, 6.07) is 3.44. The lowest BCUT2D eigenvalue weighted by Gasteiger charge is -2.13. The number of nitrogens with two attached hydrogens (primary N) is 1. The molecule has 0 aliphatic heterocycles. The lowest BCUT2D eigenvalue weighted by atomic mass is 10.1. The highest BCUT2D eigenvalue weighted by Gasteiger charge is 2.21. The van der Waals surface area contributed by atoms with E-state index in [2.05, 4.69) is 10.0 Å². The Kier molecular flexibility index (Phi) is 4.90.